The van der Waals surface area contributed by atoms with E-state index in [2.05, 4.69) is 31.9 Å². The second-order valence-electron chi connectivity index (χ2n) is 9.66. The number of nitrogens with zero attached hydrogens (tertiary/aromatic N) is 3. The second-order valence-corrected chi connectivity index (χ2v) is 9.66. The van der Waals surface area contributed by atoms with Crippen molar-refractivity contribution < 1.29 is 9.53 Å². The maximum Gasteiger partial charge on any atom is 0.316 e. The fourth-order valence-electron chi connectivity index (χ4n) is 3.03. The van der Waals surface area contributed by atoms with E-state index >= 15 is 0 Å². The zero-order chi connectivity index (χ0) is 22.9. The number of carbonyl (C=O) groups is 1. The van der Waals surface area contributed by atoms with Crippen LogP contribution in [0, 0.1) is 30.6 Å². The van der Waals surface area contributed by atoms with Crippen LogP contribution in [0.5, 0.6) is 0 Å². The first-order chi connectivity index (χ1) is 13.8. The Morgan fingerprint density at radius 3 is 2.10 bits per heavy atom. The van der Waals surface area contributed by atoms with Crippen molar-refractivity contribution >= 4 is 17.3 Å². The van der Waals surface area contributed by atoms with Gasteiger partial charge in [-0.1, -0.05) is 45.0 Å². The standard InChI is InChI=1S/C25H33N3O2/c1-10-28-21(16(2)17(3)27-28)22(30-23(29)25(7,8)9)20(15-26)18-11-13-19(14-12-18)24(4,5)6/h11-14H,10H2,1-9H3/b22-20-. The Morgan fingerprint density at radius 1 is 1.10 bits per heavy atom. The van der Waals surface area contributed by atoms with Gasteiger partial charge in [0.15, 0.2) is 5.76 Å². The first kappa shape index (κ1) is 23.4. The van der Waals surface area contributed by atoms with Gasteiger partial charge in [-0.25, -0.2) is 0 Å². The van der Waals surface area contributed by atoms with Crippen molar-refractivity contribution in [3.63, 3.8) is 0 Å². The third kappa shape index (κ3) is 4.81. The molecule has 5 nitrogen and oxygen atoms in total. The summed E-state index contributed by atoms with van der Waals surface area (Å²) in [6.07, 6.45) is 0. The van der Waals surface area contributed by atoms with E-state index in [9.17, 15) is 10.1 Å². The third-order valence-corrected chi connectivity index (χ3v) is 5.13. The highest BCUT2D eigenvalue weighted by molar-refractivity contribution is 5.98. The largest absolute Gasteiger partial charge is 0.422 e. The molecule has 0 saturated carbocycles. The summed E-state index contributed by atoms with van der Waals surface area (Å²) in [5, 5.41) is 14.6. The molecule has 0 atom stereocenters. The molecule has 0 aliphatic carbocycles. The minimum Gasteiger partial charge on any atom is -0.422 e. The smallest absolute Gasteiger partial charge is 0.316 e. The highest BCUT2D eigenvalue weighted by Crippen LogP contribution is 2.33. The molecular formula is C25H33N3O2. The Balaban J connectivity index is 2.77. The summed E-state index contributed by atoms with van der Waals surface area (Å²) in [6, 6.07) is 10.2. The first-order valence-electron chi connectivity index (χ1n) is 10.3. The van der Waals surface area contributed by atoms with Gasteiger partial charge in [0.25, 0.3) is 0 Å². The highest BCUT2D eigenvalue weighted by Gasteiger charge is 2.29. The van der Waals surface area contributed by atoms with Gasteiger partial charge in [0, 0.05) is 12.1 Å². The molecule has 0 aliphatic rings. The fraction of sp³-hybridized carbons (Fsp3) is 0.480. The summed E-state index contributed by atoms with van der Waals surface area (Å²) in [4.78, 5) is 12.8. The van der Waals surface area contributed by atoms with Gasteiger partial charge < -0.3 is 4.74 Å². The van der Waals surface area contributed by atoms with E-state index in [-0.39, 0.29) is 11.2 Å². The van der Waals surface area contributed by atoms with Gasteiger partial charge in [0.1, 0.15) is 17.3 Å². The number of allylic oxidation sites excluding steroid dienone is 1. The van der Waals surface area contributed by atoms with Crippen LogP contribution in [0.4, 0.5) is 0 Å². The number of benzene rings is 1. The Morgan fingerprint density at radius 2 is 1.67 bits per heavy atom. The maximum absolute atomic E-state index is 12.8. The van der Waals surface area contributed by atoms with Gasteiger partial charge in [-0.05, 0) is 58.1 Å². The molecule has 30 heavy (non-hydrogen) atoms. The molecule has 2 rings (SSSR count). The molecule has 1 aromatic carbocycles. The number of hydrogen-bond donors (Lipinski definition) is 0. The predicted octanol–water partition coefficient (Wildman–Crippen LogP) is 5.80. The molecule has 1 heterocycles. The topological polar surface area (TPSA) is 67.9 Å². The number of carbonyl (C=O) groups excluding carboxylic acids is 1. The van der Waals surface area contributed by atoms with Crippen molar-refractivity contribution in [2.24, 2.45) is 5.41 Å². The minimum atomic E-state index is -0.706. The van der Waals surface area contributed by atoms with Crippen LogP contribution in [0.1, 0.15) is 76.5 Å². The summed E-state index contributed by atoms with van der Waals surface area (Å²) in [5.41, 5.74) is 3.91. The van der Waals surface area contributed by atoms with Gasteiger partial charge in [-0.15, -0.1) is 0 Å². The average Bonchev–Trinajstić information content (AvgIpc) is 2.94. The predicted molar refractivity (Wildman–Crippen MR) is 120 cm³/mol. The van der Waals surface area contributed by atoms with E-state index in [1.54, 1.807) is 25.5 Å². The van der Waals surface area contributed by atoms with Gasteiger partial charge in [-0.3, -0.25) is 9.48 Å². The normalized spacial score (nSPS) is 12.9. The van der Waals surface area contributed by atoms with E-state index in [0.29, 0.717) is 23.4 Å². The van der Waals surface area contributed by atoms with Gasteiger partial charge in [-0.2, -0.15) is 10.4 Å². The quantitative estimate of drug-likeness (QED) is 0.365. The summed E-state index contributed by atoms with van der Waals surface area (Å²) in [7, 11) is 0. The Kier molecular flexibility index (Phi) is 6.61. The van der Waals surface area contributed by atoms with Crippen molar-refractivity contribution in [2.45, 2.75) is 74.3 Å². The number of aryl methyl sites for hydroxylation is 2. The van der Waals surface area contributed by atoms with E-state index in [1.165, 1.54) is 5.56 Å². The molecule has 0 saturated heterocycles. The molecule has 0 N–H and O–H groups in total. The van der Waals surface area contributed by atoms with Crippen molar-refractivity contribution in [1.82, 2.24) is 9.78 Å². The second kappa shape index (κ2) is 8.47. The average molecular weight is 408 g/mol. The van der Waals surface area contributed by atoms with Gasteiger partial charge in [0.05, 0.1) is 11.1 Å². The summed E-state index contributed by atoms with van der Waals surface area (Å²) < 4.78 is 7.69. The molecule has 0 amide bonds. The van der Waals surface area contributed by atoms with E-state index in [0.717, 1.165) is 11.3 Å². The summed E-state index contributed by atoms with van der Waals surface area (Å²) in [6.45, 7) is 18.3. The number of esters is 1. The molecule has 0 bridgehead atoms. The molecule has 160 valence electrons. The minimum absolute atomic E-state index is 0.00507. The molecule has 0 spiro atoms. The number of nitriles is 1. The summed E-state index contributed by atoms with van der Waals surface area (Å²) in [5.74, 6) is -0.127. The van der Waals surface area contributed by atoms with E-state index in [4.69, 9.17) is 4.74 Å². The fourth-order valence-corrected chi connectivity index (χ4v) is 3.03. The zero-order valence-corrected chi connectivity index (χ0v) is 19.7. The lowest BCUT2D eigenvalue weighted by Crippen LogP contribution is -2.23. The molecule has 0 unspecified atom stereocenters. The first-order valence-corrected chi connectivity index (χ1v) is 10.3. The molecule has 0 radical (unpaired) electrons. The lowest BCUT2D eigenvalue weighted by molar-refractivity contribution is -0.145. The lowest BCUT2D eigenvalue weighted by Gasteiger charge is -2.21. The van der Waals surface area contributed by atoms with E-state index < -0.39 is 11.4 Å². The molecule has 1 aromatic heterocycles. The zero-order valence-electron chi connectivity index (χ0n) is 19.7. The van der Waals surface area contributed by atoms with Crippen LogP contribution in [0.2, 0.25) is 0 Å². The number of hydrogen-bond acceptors (Lipinski definition) is 4. The monoisotopic (exact) mass is 407 g/mol. The third-order valence-electron chi connectivity index (χ3n) is 5.13. The van der Waals surface area contributed by atoms with Crippen molar-refractivity contribution in [1.29, 1.82) is 5.26 Å². The molecule has 2 aromatic rings. The Hall–Kier alpha value is -2.87. The van der Waals surface area contributed by atoms with Crippen LogP contribution >= 0.6 is 0 Å². The van der Waals surface area contributed by atoms with Crippen LogP contribution in [-0.2, 0) is 21.5 Å². The van der Waals surface area contributed by atoms with Crippen molar-refractivity contribution in [3.8, 4) is 6.07 Å². The molecular weight excluding hydrogens is 374 g/mol. The SMILES string of the molecule is CCn1nc(C)c(C)c1/C(OC(=O)C(C)(C)C)=C(\C#N)c1ccc(C(C)(C)C)cc1. The van der Waals surface area contributed by atoms with Gasteiger partial charge in [0.2, 0.25) is 0 Å². The number of rotatable bonds is 4. The molecule has 5 heteroatoms. The van der Waals surface area contributed by atoms with Crippen LogP contribution in [-0.4, -0.2) is 15.7 Å². The van der Waals surface area contributed by atoms with E-state index in [1.807, 2.05) is 45.0 Å². The maximum atomic E-state index is 12.8. The van der Waals surface area contributed by atoms with Crippen molar-refractivity contribution in [3.05, 3.63) is 52.3 Å². The van der Waals surface area contributed by atoms with Gasteiger partial charge >= 0.3 is 5.97 Å². The Labute approximate surface area is 180 Å². The molecule has 0 aliphatic heterocycles. The van der Waals surface area contributed by atoms with Crippen LogP contribution in [0.3, 0.4) is 0 Å². The van der Waals surface area contributed by atoms with Crippen LogP contribution in [0.15, 0.2) is 24.3 Å². The van der Waals surface area contributed by atoms with Crippen LogP contribution in [0.25, 0.3) is 11.3 Å². The Bertz CT molecular complexity index is 1000. The number of ether oxygens (including phenoxy) is 1. The van der Waals surface area contributed by atoms with Crippen LogP contribution < -0.4 is 0 Å². The highest BCUT2D eigenvalue weighted by atomic mass is 16.5. The number of aromatic nitrogens is 2. The molecule has 0 fully saturated rings. The summed E-state index contributed by atoms with van der Waals surface area (Å²) >= 11 is 0. The lowest BCUT2D eigenvalue weighted by atomic mass is 9.86. The van der Waals surface area contributed by atoms with Crippen molar-refractivity contribution in [2.75, 3.05) is 0 Å².